The van der Waals surface area contributed by atoms with Crippen LogP contribution in [0.25, 0.3) is 0 Å². The predicted molar refractivity (Wildman–Crippen MR) is 126 cm³/mol. The summed E-state index contributed by atoms with van der Waals surface area (Å²) in [4.78, 5) is 24.1. The summed E-state index contributed by atoms with van der Waals surface area (Å²) in [6, 6.07) is 10.2. The van der Waals surface area contributed by atoms with Gasteiger partial charge in [-0.05, 0) is 56.1 Å². The number of aliphatic hydroxyl groups excluding tert-OH is 3. The summed E-state index contributed by atoms with van der Waals surface area (Å²) in [6.45, 7) is -0.303. The molecule has 0 aliphatic heterocycles. The molecule has 1 aliphatic rings. The second-order valence-electron chi connectivity index (χ2n) is 9.21. The largest absolute Gasteiger partial charge is 0.396 e. The number of rotatable bonds is 17. The van der Waals surface area contributed by atoms with E-state index in [2.05, 4.69) is 12.1 Å². The van der Waals surface area contributed by atoms with E-state index in [-0.39, 0.29) is 55.1 Å². The van der Waals surface area contributed by atoms with Gasteiger partial charge in [0.05, 0.1) is 6.10 Å². The monoisotopic (exact) mass is 444 g/mol. The van der Waals surface area contributed by atoms with Crippen molar-refractivity contribution in [2.24, 2.45) is 17.8 Å². The van der Waals surface area contributed by atoms with Gasteiger partial charge < -0.3 is 15.3 Å². The van der Waals surface area contributed by atoms with Gasteiger partial charge >= 0.3 is 0 Å². The van der Waals surface area contributed by atoms with E-state index in [9.17, 15) is 14.7 Å². The normalized spacial score (nSPS) is 19.1. The molecule has 1 aliphatic carbocycles. The van der Waals surface area contributed by atoms with Gasteiger partial charge in [0, 0.05) is 37.9 Å². The summed E-state index contributed by atoms with van der Waals surface area (Å²) < 4.78 is 0. The van der Waals surface area contributed by atoms with Crippen LogP contribution in [-0.4, -0.2) is 46.2 Å². The molecule has 0 amide bonds. The fourth-order valence-electron chi connectivity index (χ4n) is 4.50. The Morgan fingerprint density at radius 3 is 2.38 bits per heavy atom. The first-order chi connectivity index (χ1) is 15.5. The number of ketones is 2. The van der Waals surface area contributed by atoms with Gasteiger partial charge in [0.25, 0.3) is 0 Å². The molecule has 5 nitrogen and oxygen atoms in total. The minimum absolute atomic E-state index is 0.00292. The summed E-state index contributed by atoms with van der Waals surface area (Å²) >= 11 is 0. The van der Waals surface area contributed by atoms with E-state index in [4.69, 9.17) is 10.2 Å². The van der Waals surface area contributed by atoms with Crippen molar-refractivity contribution in [2.45, 2.75) is 76.7 Å². The fourth-order valence-corrected chi connectivity index (χ4v) is 4.50. The Hall–Kier alpha value is -1.82. The third kappa shape index (κ3) is 9.76. The molecule has 178 valence electrons. The predicted octanol–water partition coefficient (Wildman–Crippen LogP) is 4.03. The third-order valence-electron chi connectivity index (χ3n) is 6.59. The standard InChI is InChI=1S/C27H40O5/c28-19-22(20-29)18-25(31)11-7-2-1-6-10-23-13-17-27(32)26(23)16-15-24(30)14-12-21-8-4-3-5-9-21/h3-5,8-9,13,17,22-24,26,28-30H,1-2,6-7,10-12,14-16,18-20H2/t23-,24-,26+/m0/s1. The van der Waals surface area contributed by atoms with Crippen LogP contribution < -0.4 is 0 Å². The van der Waals surface area contributed by atoms with E-state index in [1.165, 1.54) is 5.56 Å². The molecule has 0 aromatic heterocycles. The number of carbonyl (C=O) groups excluding carboxylic acids is 2. The number of benzene rings is 1. The average Bonchev–Trinajstić information content (AvgIpc) is 3.16. The van der Waals surface area contributed by atoms with E-state index < -0.39 is 0 Å². The molecule has 0 unspecified atom stereocenters. The van der Waals surface area contributed by atoms with Crippen molar-refractivity contribution in [3.63, 3.8) is 0 Å². The second-order valence-corrected chi connectivity index (χ2v) is 9.21. The molecular formula is C27H40O5. The Morgan fingerprint density at radius 1 is 0.938 bits per heavy atom. The average molecular weight is 445 g/mol. The van der Waals surface area contributed by atoms with Crippen molar-refractivity contribution in [2.75, 3.05) is 13.2 Å². The fraction of sp³-hybridized carbons (Fsp3) is 0.630. The van der Waals surface area contributed by atoms with E-state index in [0.29, 0.717) is 12.8 Å². The number of unbranched alkanes of at least 4 members (excludes halogenated alkanes) is 3. The van der Waals surface area contributed by atoms with E-state index in [1.807, 2.05) is 24.3 Å². The second kappa shape index (κ2) is 15.1. The highest BCUT2D eigenvalue weighted by molar-refractivity contribution is 5.94. The van der Waals surface area contributed by atoms with Crippen LogP contribution in [0.15, 0.2) is 42.5 Å². The lowest BCUT2D eigenvalue weighted by Crippen LogP contribution is -2.19. The van der Waals surface area contributed by atoms with Crippen LogP contribution in [-0.2, 0) is 16.0 Å². The topological polar surface area (TPSA) is 94.8 Å². The maximum absolute atomic E-state index is 12.3. The Morgan fingerprint density at radius 2 is 1.66 bits per heavy atom. The quantitative estimate of drug-likeness (QED) is 0.315. The van der Waals surface area contributed by atoms with E-state index in [1.54, 1.807) is 6.08 Å². The molecule has 1 aromatic carbocycles. The zero-order chi connectivity index (χ0) is 23.2. The summed E-state index contributed by atoms with van der Waals surface area (Å²) in [6.07, 6.45) is 11.9. The third-order valence-corrected chi connectivity index (χ3v) is 6.59. The molecule has 3 N–H and O–H groups in total. The van der Waals surface area contributed by atoms with Gasteiger partial charge in [0.2, 0.25) is 0 Å². The molecule has 2 rings (SSSR count). The number of hydrogen-bond acceptors (Lipinski definition) is 5. The number of Topliss-reactive ketones (excluding diaryl/α,β-unsaturated/α-hetero) is 1. The molecular weight excluding hydrogens is 404 g/mol. The summed E-state index contributed by atoms with van der Waals surface area (Å²) in [7, 11) is 0. The molecule has 5 heteroatoms. The Balaban J connectivity index is 1.59. The summed E-state index contributed by atoms with van der Waals surface area (Å²) in [5.41, 5.74) is 1.23. The van der Waals surface area contributed by atoms with Crippen LogP contribution in [0.4, 0.5) is 0 Å². The maximum Gasteiger partial charge on any atom is 0.159 e. The van der Waals surface area contributed by atoms with Crippen LogP contribution in [0.5, 0.6) is 0 Å². The van der Waals surface area contributed by atoms with Gasteiger partial charge in [-0.15, -0.1) is 0 Å². The van der Waals surface area contributed by atoms with Crippen LogP contribution in [0, 0.1) is 17.8 Å². The lowest BCUT2D eigenvalue weighted by atomic mass is 9.85. The van der Waals surface area contributed by atoms with Crippen molar-refractivity contribution in [1.82, 2.24) is 0 Å². The minimum atomic E-state index is -0.377. The van der Waals surface area contributed by atoms with Gasteiger partial charge in [-0.3, -0.25) is 9.59 Å². The minimum Gasteiger partial charge on any atom is -0.396 e. The van der Waals surface area contributed by atoms with Gasteiger partial charge in [0.15, 0.2) is 5.78 Å². The highest BCUT2D eigenvalue weighted by Gasteiger charge is 2.29. The lowest BCUT2D eigenvalue weighted by molar-refractivity contribution is -0.121. The molecule has 0 fully saturated rings. The first kappa shape index (κ1) is 26.4. The number of allylic oxidation sites excluding steroid dienone is 2. The van der Waals surface area contributed by atoms with Gasteiger partial charge in [-0.1, -0.05) is 55.7 Å². The van der Waals surface area contributed by atoms with Crippen LogP contribution >= 0.6 is 0 Å². The van der Waals surface area contributed by atoms with Crippen molar-refractivity contribution in [3.05, 3.63) is 48.0 Å². The van der Waals surface area contributed by atoms with Gasteiger partial charge in [-0.2, -0.15) is 0 Å². The van der Waals surface area contributed by atoms with Gasteiger partial charge in [0.1, 0.15) is 5.78 Å². The van der Waals surface area contributed by atoms with E-state index in [0.717, 1.165) is 51.4 Å². The SMILES string of the molecule is O=C(CCCCCC[C@H]1C=CC(=O)[C@@H]1CC[C@@H](O)CCc1ccccc1)CC(CO)CO. The Labute approximate surface area is 192 Å². The molecule has 1 aromatic rings. The van der Waals surface area contributed by atoms with Crippen molar-refractivity contribution >= 4 is 11.6 Å². The molecule has 32 heavy (non-hydrogen) atoms. The number of carbonyl (C=O) groups is 2. The molecule has 0 spiro atoms. The number of hydrogen-bond donors (Lipinski definition) is 3. The highest BCUT2D eigenvalue weighted by Crippen LogP contribution is 2.31. The van der Waals surface area contributed by atoms with Crippen molar-refractivity contribution in [3.8, 4) is 0 Å². The van der Waals surface area contributed by atoms with Crippen LogP contribution in [0.1, 0.15) is 69.8 Å². The van der Waals surface area contributed by atoms with Crippen LogP contribution in [0.3, 0.4) is 0 Å². The smallest absolute Gasteiger partial charge is 0.159 e. The molecule has 0 bridgehead atoms. The molecule has 0 heterocycles. The van der Waals surface area contributed by atoms with Gasteiger partial charge in [-0.25, -0.2) is 0 Å². The zero-order valence-corrected chi connectivity index (χ0v) is 19.2. The Kier molecular flexibility index (Phi) is 12.5. The highest BCUT2D eigenvalue weighted by atomic mass is 16.3. The summed E-state index contributed by atoms with van der Waals surface area (Å²) in [5.74, 6) is 0.228. The van der Waals surface area contributed by atoms with E-state index >= 15 is 0 Å². The molecule has 0 saturated carbocycles. The first-order valence-corrected chi connectivity index (χ1v) is 12.2. The van der Waals surface area contributed by atoms with Crippen LogP contribution in [0.2, 0.25) is 0 Å². The molecule has 0 radical (unpaired) electrons. The number of aliphatic hydroxyl groups is 3. The Bertz CT molecular complexity index is 695. The molecule has 0 saturated heterocycles. The molecule has 3 atom stereocenters. The lowest BCUT2D eigenvalue weighted by Gasteiger charge is -2.20. The first-order valence-electron chi connectivity index (χ1n) is 12.2. The maximum atomic E-state index is 12.3. The van der Waals surface area contributed by atoms with Crippen molar-refractivity contribution in [1.29, 1.82) is 0 Å². The summed E-state index contributed by atoms with van der Waals surface area (Å²) in [5, 5.41) is 28.5. The zero-order valence-electron chi connectivity index (χ0n) is 19.2. The number of aryl methyl sites for hydroxylation is 1. The van der Waals surface area contributed by atoms with Crippen molar-refractivity contribution < 1.29 is 24.9 Å².